The number of rotatable bonds is 3. The van der Waals surface area contributed by atoms with Crippen LogP contribution >= 0.6 is 0 Å². The Kier molecular flexibility index (Phi) is 4.04. The number of hydrogen-bond donors (Lipinski definition) is 1. The van der Waals surface area contributed by atoms with Crippen molar-refractivity contribution in [1.82, 2.24) is 9.62 Å². The number of hydrogen-bond acceptors (Lipinski definition) is 3. The van der Waals surface area contributed by atoms with Gasteiger partial charge in [-0.3, -0.25) is 0 Å². The second-order valence-corrected chi connectivity index (χ2v) is 6.71. The van der Waals surface area contributed by atoms with E-state index in [1.165, 1.54) is 11.8 Å². The van der Waals surface area contributed by atoms with Crippen molar-refractivity contribution in [3.63, 3.8) is 0 Å². The highest BCUT2D eigenvalue weighted by atomic mass is 32.2. The van der Waals surface area contributed by atoms with Gasteiger partial charge in [0.05, 0.1) is 6.26 Å². The molecule has 1 aliphatic rings. The van der Waals surface area contributed by atoms with E-state index in [4.69, 9.17) is 0 Å². The van der Waals surface area contributed by atoms with Crippen molar-refractivity contribution in [2.45, 2.75) is 19.4 Å². The summed E-state index contributed by atoms with van der Waals surface area (Å²) in [7, 11) is -3.09. The van der Waals surface area contributed by atoms with Crippen LogP contribution < -0.4 is 5.32 Å². The zero-order valence-electron chi connectivity index (χ0n) is 10.9. The fraction of sp³-hybridized carbons (Fsp3) is 0.538. The van der Waals surface area contributed by atoms with Gasteiger partial charge in [0.1, 0.15) is 0 Å². The van der Waals surface area contributed by atoms with Gasteiger partial charge in [-0.25, -0.2) is 8.42 Å². The normalized spacial score (nSPS) is 22.0. The molecular formula is C13H20N2O2S. The highest BCUT2D eigenvalue weighted by Crippen LogP contribution is 2.19. The van der Waals surface area contributed by atoms with Gasteiger partial charge in [-0.1, -0.05) is 31.2 Å². The molecule has 0 aromatic heterocycles. The van der Waals surface area contributed by atoms with Crippen molar-refractivity contribution in [3.05, 3.63) is 35.4 Å². The molecule has 1 fully saturated rings. The summed E-state index contributed by atoms with van der Waals surface area (Å²) in [6.07, 6.45) is 2.30. The Morgan fingerprint density at radius 1 is 1.33 bits per heavy atom. The zero-order chi connectivity index (χ0) is 13.2. The molecule has 2 rings (SSSR count). The number of benzene rings is 1. The molecule has 0 saturated carbocycles. The number of nitrogens with one attached hydrogen (secondary N) is 1. The number of aryl methyl sites for hydroxylation is 1. The SMILES string of the molecule is CCc1ccc(C2CN(S(C)(=O)=O)CCN2)cc1. The Morgan fingerprint density at radius 2 is 2.00 bits per heavy atom. The van der Waals surface area contributed by atoms with E-state index in [1.807, 2.05) is 0 Å². The monoisotopic (exact) mass is 268 g/mol. The third-order valence-electron chi connectivity index (χ3n) is 3.40. The van der Waals surface area contributed by atoms with Crippen LogP contribution in [-0.4, -0.2) is 38.6 Å². The number of piperazine rings is 1. The molecule has 1 aromatic rings. The Labute approximate surface area is 109 Å². The van der Waals surface area contributed by atoms with Gasteiger partial charge in [0, 0.05) is 25.7 Å². The van der Waals surface area contributed by atoms with E-state index in [9.17, 15) is 8.42 Å². The Hall–Kier alpha value is -0.910. The molecule has 4 nitrogen and oxygen atoms in total. The van der Waals surface area contributed by atoms with Crippen LogP contribution in [-0.2, 0) is 16.4 Å². The first kappa shape index (κ1) is 13.5. The summed E-state index contributed by atoms with van der Waals surface area (Å²) >= 11 is 0. The summed E-state index contributed by atoms with van der Waals surface area (Å²) in [5, 5.41) is 3.37. The molecule has 1 N–H and O–H groups in total. The van der Waals surface area contributed by atoms with Crippen molar-refractivity contribution in [1.29, 1.82) is 0 Å². The highest BCUT2D eigenvalue weighted by Gasteiger charge is 2.26. The first-order valence-electron chi connectivity index (χ1n) is 6.28. The summed E-state index contributed by atoms with van der Waals surface area (Å²) in [5.74, 6) is 0. The van der Waals surface area contributed by atoms with Crippen LogP contribution in [0.2, 0.25) is 0 Å². The van der Waals surface area contributed by atoms with Crippen LogP contribution in [0, 0.1) is 0 Å². The maximum absolute atomic E-state index is 11.6. The zero-order valence-corrected chi connectivity index (χ0v) is 11.7. The summed E-state index contributed by atoms with van der Waals surface area (Å²) in [5.41, 5.74) is 2.45. The van der Waals surface area contributed by atoms with Crippen molar-refractivity contribution in [2.24, 2.45) is 0 Å². The lowest BCUT2D eigenvalue weighted by Crippen LogP contribution is -2.47. The van der Waals surface area contributed by atoms with Crippen molar-refractivity contribution in [3.8, 4) is 0 Å². The molecule has 0 bridgehead atoms. The van der Waals surface area contributed by atoms with Gasteiger partial charge < -0.3 is 5.32 Å². The maximum atomic E-state index is 11.6. The average Bonchev–Trinajstić information content (AvgIpc) is 2.38. The van der Waals surface area contributed by atoms with E-state index >= 15 is 0 Å². The molecular weight excluding hydrogens is 248 g/mol. The molecule has 18 heavy (non-hydrogen) atoms. The van der Waals surface area contributed by atoms with Gasteiger partial charge >= 0.3 is 0 Å². The van der Waals surface area contributed by atoms with Gasteiger partial charge in [0.15, 0.2) is 0 Å². The number of nitrogens with zero attached hydrogens (tertiary/aromatic N) is 1. The van der Waals surface area contributed by atoms with Gasteiger partial charge in [-0.2, -0.15) is 4.31 Å². The van der Waals surface area contributed by atoms with Gasteiger partial charge in [0.25, 0.3) is 0 Å². The van der Waals surface area contributed by atoms with Gasteiger partial charge in [0.2, 0.25) is 10.0 Å². The number of sulfonamides is 1. The minimum Gasteiger partial charge on any atom is -0.308 e. The van der Waals surface area contributed by atoms with E-state index in [2.05, 4.69) is 36.5 Å². The van der Waals surface area contributed by atoms with Gasteiger partial charge in [-0.05, 0) is 17.5 Å². The highest BCUT2D eigenvalue weighted by molar-refractivity contribution is 7.88. The standard InChI is InChI=1S/C13H20N2O2S/c1-3-11-4-6-12(7-5-11)13-10-15(9-8-14-13)18(2,16)17/h4-7,13-14H,3,8-10H2,1-2H3. The van der Waals surface area contributed by atoms with E-state index < -0.39 is 10.0 Å². The van der Waals surface area contributed by atoms with Crippen LogP contribution in [0.15, 0.2) is 24.3 Å². The summed E-state index contributed by atoms with van der Waals surface area (Å²) in [4.78, 5) is 0. The minimum atomic E-state index is -3.09. The summed E-state index contributed by atoms with van der Waals surface area (Å²) in [6, 6.07) is 8.48. The second-order valence-electron chi connectivity index (χ2n) is 4.72. The third-order valence-corrected chi connectivity index (χ3v) is 4.67. The average molecular weight is 268 g/mol. The molecule has 0 aliphatic carbocycles. The van der Waals surface area contributed by atoms with E-state index in [0.717, 1.165) is 12.0 Å². The Balaban J connectivity index is 2.13. The molecule has 1 aromatic carbocycles. The van der Waals surface area contributed by atoms with Crippen molar-refractivity contribution < 1.29 is 8.42 Å². The van der Waals surface area contributed by atoms with E-state index in [0.29, 0.717) is 19.6 Å². The largest absolute Gasteiger partial charge is 0.308 e. The van der Waals surface area contributed by atoms with Crippen molar-refractivity contribution in [2.75, 3.05) is 25.9 Å². The first-order valence-corrected chi connectivity index (χ1v) is 8.13. The lowest BCUT2D eigenvalue weighted by molar-refractivity contribution is 0.303. The molecule has 1 saturated heterocycles. The third kappa shape index (κ3) is 3.10. The van der Waals surface area contributed by atoms with Gasteiger partial charge in [-0.15, -0.1) is 0 Å². The molecule has 0 amide bonds. The Bertz CT molecular complexity index is 496. The van der Waals surface area contributed by atoms with Crippen LogP contribution in [0.1, 0.15) is 24.1 Å². The maximum Gasteiger partial charge on any atom is 0.211 e. The van der Waals surface area contributed by atoms with Crippen molar-refractivity contribution >= 4 is 10.0 Å². The first-order chi connectivity index (χ1) is 8.50. The minimum absolute atomic E-state index is 0.0966. The molecule has 0 radical (unpaired) electrons. The molecule has 1 heterocycles. The van der Waals surface area contributed by atoms with Crippen LogP contribution in [0.5, 0.6) is 0 Å². The predicted molar refractivity (Wildman–Crippen MR) is 73.0 cm³/mol. The van der Waals surface area contributed by atoms with Crippen LogP contribution in [0.25, 0.3) is 0 Å². The van der Waals surface area contributed by atoms with E-state index in [1.54, 1.807) is 4.31 Å². The fourth-order valence-electron chi connectivity index (χ4n) is 2.23. The topological polar surface area (TPSA) is 49.4 Å². The summed E-state index contributed by atoms with van der Waals surface area (Å²) < 4.78 is 24.7. The summed E-state index contributed by atoms with van der Waals surface area (Å²) in [6.45, 7) is 3.90. The molecule has 1 aliphatic heterocycles. The van der Waals surface area contributed by atoms with Crippen LogP contribution in [0.3, 0.4) is 0 Å². The molecule has 100 valence electrons. The smallest absolute Gasteiger partial charge is 0.211 e. The lowest BCUT2D eigenvalue weighted by Gasteiger charge is -2.32. The Morgan fingerprint density at radius 3 is 2.56 bits per heavy atom. The molecule has 5 heteroatoms. The fourth-order valence-corrected chi connectivity index (χ4v) is 3.08. The predicted octanol–water partition coefficient (Wildman–Crippen LogP) is 1.15. The lowest BCUT2D eigenvalue weighted by atomic mass is 10.0. The molecule has 0 spiro atoms. The molecule has 1 unspecified atom stereocenters. The van der Waals surface area contributed by atoms with Crippen LogP contribution in [0.4, 0.5) is 0 Å². The second kappa shape index (κ2) is 5.38. The molecule has 1 atom stereocenters. The quantitative estimate of drug-likeness (QED) is 0.895. The van der Waals surface area contributed by atoms with E-state index in [-0.39, 0.29) is 6.04 Å².